The van der Waals surface area contributed by atoms with E-state index in [1.54, 1.807) is 31.4 Å². The van der Waals surface area contributed by atoms with Gasteiger partial charge in [-0.25, -0.2) is 18.1 Å². The fourth-order valence-electron chi connectivity index (χ4n) is 2.26. The van der Waals surface area contributed by atoms with E-state index in [0.717, 1.165) is 0 Å². The Morgan fingerprint density at radius 3 is 2.74 bits per heavy atom. The molecule has 142 valence electrons. The molecule has 0 saturated heterocycles. The smallest absolute Gasteiger partial charge is 0.259 e. The lowest BCUT2D eigenvalue weighted by molar-refractivity contribution is 0.102. The summed E-state index contributed by atoms with van der Waals surface area (Å²) in [6, 6.07) is 7.18. The van der Waals surface area contributed by atoms with Gasteiger partial charge in [0.25, 0.3) is 5.91 Å². The van der Waals surface area contributed by atoms with Crippen LogP contribution in [0.15, 0.2) is 51.3 Å². The number of benzene rings is 1. The average molecular weight is 426 g/mol. The van der Waals surface area contributed by atoms with E-state index < -0.39 is 15.9 Å². The third-order valence-electron chi connectivity index (χ3n) is 3.38. The lowest BCUT2D eigenvalue weighted by Crippen LogP contribution is -2.30. The number of hydrogen-bond donors (Lipinski definition) is 2. The minimum Gasteiger partial charge on any atom is -0.463 e. The summed E-state index contributed by atoms with van der Waals surface area (Å²) in [7, 11) is -3.74. The number of rotatable bonds is 6. The molecule has 0 radical (unpaired) electrons. The molecular formula is C17H16ClN3O4S2. The standard InChI is InChI=1S/C17H16ClN3O4S2/c1-10(2)21-27(23,24)11-5-6-13(18)12(8-11)16(22)20-17-19-14(9-26-17)15-4-3-7-25-15/h3-10,21H,1-2H3,(H,19,20,22). The summed E-state index contributed by atoms with van der Waals surface area (Å²) in [6.07, 6.45) is 1.53. The molecule has 0 aliphatic heterocycles. The normalized spacial score (nSPS) is 11.7. The van der Waals surface area contributed by atoms with E-state index in [-0.39, 0.29) is 21.5 Å². The number of anilines is 1. The summed E-state index contributed by atoms with van der Waals surface area (Å²) in [6.45, 7) is 3.42. The zero-order valence-corrected chi connectivity index (χ0v) is 16.8. The first-order valence-electron chi connectivity index (χ1n) is 7.89. The Balaban J connectivity index is 1.83. The predicted octanol–water partition coefficient (Wildman–Crippen LogP) is 4.00. The molecule has 0 bridgehead atoms. The van der Waals surface area contributed by atoms with Gasteiger partial charge in [0.1, 0.15) is 5.69 Å². The number of hydrogen-bond acceptors (Lipinski definition) is 6. The van der Waals surface area contributed by atoms with Crippen LogP contribution in [0.1, 0.15) is 24.2 Å². The minimum absolute atomic E-state index is 0.0399. The van der Waals surface area contributed by atoms with E-state index in [1.807, 2.05) is 0 Å². The maximum absolute atomic E-state index is 12.6. The topological polar surface area (TPSA) is 101 Å². The van der Waals surface area contributed by atoms with Gasteiger partial charge in [0, 0.05) is 11.4 Å². The molecule has 2 heterocycles. The fraction of sp³-hybridized carbons (Fsp3) is 0.176. The van der Waals surface area contributed by atoms with Gasteiger partial charge in [-0.3, -0.25) is 10.1 Å². The van der Waals surface area contributed by atoms with E-state index >= 15 is 0 Å². The van der Waals surface area contributed by atoms with Crippen molar-refractivity contribution in [3.8, 4) is 11.5 Å². The summed E-state index contributed by atoms with van der Waals surface area (Å²) < 4.78 is 32.4. The van der Waals surface area contributed by atoms with Crippen LogP contribution in [0.2, 0.25) is 5.02 Å². The molecule has 7 nitrogen and oxygen atoms in total. The number of furan rings is 1. The largest absolute Gasteiger partial charge is 0.463 e. The number of halogens is 1. The van der Waals surface area contributed by atoms with Crippen LogP contribution >= 0.6 is 22.9 Å². The number of amides is 1. The predicted molar refractivity (Wildman–Crippen MR) is 105 cm³/mol. The SMILES string of the molecule is CC(C)NS(=O)(=O)c1ccc(Cl)c(C(=O)Nc2nc(-c3ccco3)cs2)c1. The van der Waals surface area contributed by atoms with Gasteiger partial charge < -0.3 is 4.42 Å². The monoisotopic (exact) mass is 425 g/mol. The Bertz CT molecular complexity index is 1060. The number of nitrogens with one attached hydrogen (secondary N) is 2. The van der Waals surface area contributed by atoms with Crippen molar-refractivity contribution in [1.29, 1.82) is 0 Å². The summed E-state index contributed by atoms with van der Waals surface area (Å²) >= 11 is 7.31. The molecule has 3 rings (SSSR count). The van der Waals surface area contributed by atoms with Gasteiger partial charge in [-0.2, -0.15) is 0 Å². The highest BCUT2D eigenvalue weighted by molar-refractivity contribution is 7.89. The van der Waals surface area contributed by atoms with E-state index in [0.29, 0.717) is 16.6 Å². The molecule has 3 aromatic rings. The first-order chi connectivity index (χ1) is 12.8. The second-order valence-electron chi connectivity index (χ2n) is 5.89. The lowest BCUT2D eigenvalue weighted by Gasteiger charge is -2.11. The summed E-state index contributed by atoms with van der Waals surface area (Å²) in [5, 5.41) is 4.85. The molecule has 2 aromatic heterocycles. The van der Waals surface area contributed by atoms with Crippen LogP contribution in [-0.4, -0.2) is 25.4 Å². The summed E-state index contributed by atoms with van der Waals surface area (Å²) in [5.74, 6) is 0.0274. The van der Waals surface area contributed by atoms with Crippen LogP contribution in [0.4, 0.5) is 5.13 Å². The fourth-order valence-corrected chi connectivity index (χ4v) is 4.43. The molecule has 27 heavy (non-hydrogen) atoms. The van der Waals surface area contributed by atoms with Gasteiger partial charge >= 0.3 is 0 Å². The van der Waals surface area contributed by atoms with Crippen molar-refractivity contribution in [2.75, 3.05) is 5.32 Å². The Morgan fingerprint density at radius 2 is 2.07 bits per heavy atom. The highest BCUT2D eigenvalue weighted by Crippen LogP contribution is 2.27. The lowest BCUT2D eigenvalue weighted by atomic mass is 10.2. The summed E-state index contributed by atoms with van der Waals surface area (Å²) in [5.41, 5.74) is 0.627. The van der Waals surface area contributed by atoms with Crippen molar-refractivity contribution >= 4 is 44.0 Å². The van der Waals surface area contributed by atoms with Gasteiger partial charge in [-0.1, -0.05) is 11.6 Å². The van der Waals surface area contributed by atoms with Crippen LogP contribution in [0.3, 0.4) is 0 Å². The molecule has 0 spiro atoms. The van der Waals surface area contributed by atoms with Gasteiger partial charge in [0.05, 0.1) is 21.7 Å². The van der Waals surface area contributed by atoms with E-state index in [4.69, 9.17) is 16.0 Å². The summed E-state index contributed by atoms with van der Waals surface area (Å²) in [4.78, 5) is 16.8. The zero-order valence-electron chi connectivity index (χ0n) is 14.4. The van der Waals surface area contributed by atoms with Crippen molar-refractivity contribution in [3.05, 3.63) is 52.6 Å². The maximum Gasteiger partial charge on any atom is 0.259 e. The Hall–Kier alpha value is -2.20. The molecule has 1 amide bonds. The highest BCUT2D eigenvalue weighted by Gasteiger charge is 2.20. The van der Waals surface area contributed by atoms with E-state index in [1.165, 1.54) is 35.8 Å². The zero-order chi connectivity index (χ0) is 19.6. The van der Waals surface area contributed by atoms with Crippen LogP contribution in [-0.2, 0) is 10.0 Å². The third-order valence-corrected chi connectivity index (χ3v) is 6.13. The quantitative estimate of drug-likeness (QED) is 0.621. The first-order valence-corrected chi connectivity index (χ1v) is 10.6. The van der Waals surface area contributed by atoms with Crippen LogP contribution in [0.5, 0.6) is 0 Å². The van der Waals surface area contributed by atoms with Gasteiger partial charge in [0.15, 0.2) is 10.9 Å². The van der Waals surface area contributed by atoms with Gasteiger partial charge in [0.2, 0.25) is 10.0 Å². The number of carbonyl (C=O) groups is 1. The Kier molecular flexibility index (Phi) is 5.66. The van der Waals surface area contributed by atoms with Crippen molar-refractivity contribution in [3.63, 3.8) is 0 Å². The van der Waals surface area contributed by atoms with Gasteiger partial charge in [-0.15, -0.1) is 11.3 Å². The molecule has 0 aliphatic carbocycles. The number of carbonyl (C=O) groups excluding carboxylic acids is 1. The number of aromatic nitrogens is 1. The Labute approximate surface area is 165 Å². The van der Waals surface area contributed by atoms with Crippen molar-refractivity contribution < 1.29 is 17.6 Å². The molecule has 0 fully saturated rings. The molecule has 0 atom stereocenters. The minimum atomic E-state index is -3.74. The molecule has 10 heteroatoms. The third kappa shape index (κ3) is 4.56. The molecule has 1 aromatic carbocycles. The van der Waals surface area contributed by atoms with E-state index in [9.17, 15) is 13.2 Å². The van der Waals surface area contributed by atoms with E-state index in [2.05, 4.69) is 15.0 Å². The van der Waals surface area contributed by atoms with Crippen molar-refractivity contribution in [2.24, 2.45) is 0 Å². The van der Waals surface area contributed by atoms with Crippen molar-refractivity contribution in [2.45, 2.75) is 24.8 Å². The van der Waals surface area contributed by atoms with Crippen LogP contribution in [0, 0.1) is 0 Å². The molecule has 0 aliphatic rings. The second kappa shape index (κ2) is 7.81. The van der Waals surface area contributed by atoms with Crippen molar-refractivity contribution in [1.82, 2.24) is 9.71 Å². The van der Waals surface area contributed by atoms with Crippen LogP contribution < -0.4 is 10.0 Å². The molecule has 2 N–H and O–H groups in total. The highest BCUT2D eigenvalue weighted by atomic mass is 35.5. The molecule has 0 unspecified atom stereocenters. The average Bonchev–Trinajstić information content (AvgIpc) is 3.24. The number of thiazole rings is 1. The number of nitrogens with zero attached hydrogens (tertiary/aromatic N) is 1. The van der Waals surface area contributed by atoms with Crippen LogP contribution in [0.25, 0.3) is 11.5 Å². The Morgan fingerprint density at radius 1 is 1.30 bits per heavy atom. The first kappa shape index (κ1) is 19.6. The number of sulfonamides is 1. The maximum atomic E-state index is 12.6. The molecule has 0 saturated carbocycles. The van der Waals surface area contributed by atoms with Gasteiger partial charge in [-0.05, 0) is 44.2 Å². The molecular weight excluding hydrogens is 410 g/mol. The second-order valence-corrected chi connectivity index (χ2v) is 8.87.